The molecule has 8 nitrogen and oxygen atoms in total. The number of sulfonamides is 1. The summed E-state index contributed by atoms with van der Waals surface area (Å²) in [6, 6.07) is 3.53. The Bertz CT molecular complexity index is 692. The van der Waals surface area contributed by atoms with E-state index in [9.17, 15) is 8.42 Å². The topological polar surface area (TPSA) is 113 Å². The summed E-state index contributed by atoms with van der Waals surface area (Å²) in [6.45, 7) is 2.39. The van der Waals surface area contributed by atoms with Crippen LogP contribution < -0.4 is 10.0 Å². The van der Waals surface area contributed by atoms with Crippen LogP contribution in [0.1, 0.15) is 36.5 Å². The molecule has 3 rings (SSSR count). The fourth-order valence-corrected chi connectivity index (χ4v) is 4.35. The maximum atomic E-state index is 12.3. The zero-order valence-corrected chi connectivity index (χ0v) is 13.0. The minimum absolute atomic E-state index is 0.297. The summed E-state index contributed by atoms with van der Waals surface area (Å²) in [4.78, 5) is 1.01. The number of hydrogen-bond acceptors (Lipinski definition) is 7. The summed E-state index contributed by atoms with van der Waals surface area (Å²) in [5.74, 6) is 0.311. The number of hydrogen-bond donors (Lipinski definition) is 3. The van der Waals surface area contributed by atoms with Gasteiger partial charge in [-0.1, -0.05) is 5.21 Å². The second-order valence-electron chi connectivity index (χ2n) is 4.99. The van der Waals surface area contributed by atoms with Crippen LogP contribution in [0.5, 0.6) is 0 Å². The number of aromatic nitrogens is 4. The first-order chi connectivity index (χ1) is 10.0. The predicted octanol–water partition coefficient (Wildman–Crippen LogP) is 0.553. The highest BCUT2D eigenvalue weighted by molar-refractivity contribution is 7.91. The number of nitrogens with zero attached hydrogens (tertiary/aromatic N) is 3. The number of nitrogens with one attached hydrogen (secondary N) is 3. The molecule has 10 heteroatoms. The highest BCUT2D eigenvalue weighted by Gasteiger charge is 2.23. The van der Waals surface area contributed by atoms with Crippen molar-refractivity contribution in [2.45, 2.75) is 42.6 Å². The SMILES string of the molecule is CC(NS(=O)(=O)c1ccc(CNC2CC2)s1)c1nn[nH]n1. The lowest BCUT2D eigenvalue weighted by molar-refractivity contribution is 0.562. The molecule has 114 valence electrons. The number of thiophene rings is 1. The van der Waals surface area contributed by atoms with Crippen molar-refractivity contribution in [1.29, 1.82) is 0 Å². The summed E-state index contributed by atoms with van der Waals surface area (Å²) in [6.07, 6.45) is 2.42. The molecule has 1 atom stereocenters. The molecule has 2 aromatic heterocycles. The number of H-pyrrole nitrogens is 1. The van der Waals surface area contributed by atoms with E-state index in [0.717, 1.165) is 4.88 Å². The van der Waals surface area contributed by atoms with Crippen LogP contribution in [-0.4, -0.2) is 35.1 Å². The Labute approximate surface area is 126 Å². The molecule has 1 unspecified atom stereocenters. The maximum Gasteiger partial charge on any atom is 0.250 e. The first-order valence-electron chi connectivity index (χ1n) is 6.62. The van der Waals surface area contributed by atoms with Crippen molar-refractivity contribution in [3.8, 4) is 0 Å². The van der Waals surface area contributed by atoms with E-state index in [1.54, 1.807) is 13.0 Å². The van der Waals surface area contributed by atoms with Gasteiger partial charge in [0, 0.05) is 17.5 Å². The summed E-state index contributed by atoms with van der Waals surface area (Å²) in [7, 11) is -3.57. The molecule has 21 heavy (non-hydrogen) atoms. The molecule has 0 radical (unpaired) electrons. The van der Waals surface area contributed by atoms with Gasteiger partial charge in [0.1, 0.15) is 4.21 Å². The van der Waals surface area contributed by atoms with Gasteiger partial charge < -0.3 is 5.32 Å². The number of rotatable bonds is 7. The van der Waals surface area contributed by atoms with Crippen molar-refractivity contribution in [1.82, 2.24) is 30.7 Å². The van der Waals surface area contributed by atoms with Crippen LogP contribution in [0.25, 0.3) is 0 Å². The van der Waals surface area contributed by atoms with Crippen molar-refractivity contribution in [3.05, 3.63) is 22.8 Å². The molecule has 1 fully saturated rings. The van der Waals surface area contributed by atoms with Crippen LogP contribution in [0, 0.1) is 0 Å². The first-order valence-corrected chi connectivity index (χ1v) is 8.92. The second kappa shape index (κ2) is 5.79. The summed E-state index contributed by atoms with van der Waals surface area (Å²) in [5, 5.41) is 16.6. The molecule has 1 aliphatic carbocycles. The molecule has 2 heterocycles. The van der Waals surface area contributed by atoms with Gasteiger partial charge in [-0.05, 0) is 31.9 Å². The quantitative estimate of drug-likeness (QED) is 0.684. The molecule has 0 aliphatic heterocycles. The van der Waals surface area contributed by atoms with E-state index in [0.29, 0.717) is 22.6 Å². The average Bonchev–Trinajstić information content (AvgIpc) is 2.96. The minimum Gasteiger partial charge on any atom is -0.309 e. The third kappa shape index (κ3) is 3.64. The largest absolute Gasteiger partial charge is 0.309 e. The predicted molar refractivity (Wildman–Crippen MR) is 77.1 cm³/mol. The van der Waals surface area contributed by atoms with E-state index in [4.69, 9.17) is 0 Å². The van der Waals surface area contributed by atoms with Crippen molar-refractivity contribution in [2.75, 3.05) is 0 Å². The zero-order valence-electron chi connectivity index (χ0n) is 11.4. The molecule has 3 N–H and O–H groups in total. The van der Waals surface area contributed by atoms with Crippen LogP contribution in [0.4, 0.5) is 0 Å². The fraction of sp³-hybridized carbons (Fsp3) is 0.545. The minimum atomic E-state index is -3.57. The van der Waals surface area contributed by atoms with E-state index in [2.05, 4.69) is 30.7 Å². The van der Waals surface area contributed by atoms with Crippen molar-refractivity contribution < 1.29 is 8.42 Å². The fourth-order valence-electron chi connectivity index (χ4n) is 1.83. The van der Waals surface area contributed by atoms with E-state index >= 15 is 0 Å². The van der Waals surface area contributed by atoms with Gasteiger partial charge in [-0.3, -0.25) is 0 Å². The van der Waals surface area contributed by atoms with Gasteiger partial charge in [0.25, 0.3) is 10.0 Å². The lowest BCUT2D eigenvalue weighted by Crippen LogP contribution is -2.27. The molecule has 0 aromatic carbocycles. The molecule has 0 amide bonds. The standard InChI is InChI=1S/C11H16N6O2S2/c1-7(11-13-16-17-14-11)15-21(18,19)10-5-4-9(20-10)6-12-8-2-3-8/h4-5,7-8,12,15H,2-3,6H2,1H3,(H,13,14,16,17). The molecule has 0 spiro atoms. The van der Waals surface area contributed by atoms with Gasteiger partial charge >= 0.3 is 0 Å². The normalized spacial score (nSPS) is 17.0. The van der Waals surface area contributed by atoms with E-state index in [-0.39, 0.29) is 0 Å². The van der Waals surface area contributed by atoms with Gasteiger partial charge in [-0.25, -0.2) is 8.42 Å². The third-order valence-corrected chi connectivity index (χ3v) is 6.24. The Morgan fingerprint density at radius 2 is 2.29 bits per heavy atom. The second-order valence-corrected chi connectivity index (χ2v) is 8.10. The van der Waals surface area contributed by atoms with Gasteiger partial charge in [0.2, 0.25) is 0 Å². The van der Waals surface area contributed by atoms with Crippen LogP contribution in [0.15, 0.2) is 16.3 Å². The van der Waals surface area contributed by atoms with Gasteiger partial charge in [-0.2, -0.15) is 9.94 Å². The van der Waals surface area contributed by atoms with Crippen LogP contribution in [0.2, 0.25) is 0 Å². The summed E-state index contributed by atoms with van der Waals surface area (Å²) < 4.78 is 27.4. The van der Waals surface area contributed by atoms with E-state index in [1.165, 1.54) is 24.2 Å². The molecular weight excluding hydrogens is 312 g/mol. The monoisotopic (exact) mass is 328 g/mol. The Balaban J connectivity index is 1.66. The van der Waals surface area contributed by atoms with E-state index in [1.807, 2.05) is 6.07 Å². The summed E-state index contributed by atoms with van der Waals surface area (Å²) in [5.41, 5.74) is 0. The average molecular weight is 328 g/mol. The molecule has 0 bridgehead atoms. The van der Waals surface area contributed by atoms with Crippen LogP contribution in [0.3, 0.4) is 0 Å². The van der Waals surface area contributed by atoms with Gasteiger partial charge in [-0.15, -0.1) is 21.5 Å². The Kier molecular flexibility index (Phi) is 4.02. The van der Waals surface area contributed by atoms with Crippen molar-refractivity contribution in [3.63, 3.8) is 0 Å². The highest BCUT2D eigenvalue weighted by atomic mass is 32.2. The lowest BCUT2D eigenvalue weighted by atomic mass is 10.4. The van der Waals surface area contributed by atoms with Crippen molar-refractivity contribution in [2.24, 2.45) is 0 Å². The maximum absolute atomic E-state index is 12.3. The van der Waals surface area contributed by atoms with Crippen LogP contribution in [-0.2, 0) is 16.6 Å². The Hall–Kier alpha value is -1.36. The lowest BCUT2D eigenvalue weighted by Gasteiger charge is -2.09. The molecule has 1 aliphatic rings. The van der Waals surface area contributed by atoms with Gasteiger partial charge in [0.05, 0.1) is 6.04 Å². The first kappa shape index (κ1) is 14.6. The molecule has 0 saturated heterocycles. The summed E-state index contributed by atoms with van der Waals surface area (Å²) >= 11 is 1.27. The Morgan fingerprint density at radius 1 is 1.48 bits per heavy atom. The number of tetrazole rings is 1. The molecule has 2 aromatic rings. The molecule has 1 saturated carbocycles. The van der Waals surface area contributed by atoms with Gasteiger partial charge in [0.15, 0.2) is 5.82 Å². The smallest absolute Gasteiger partial charge is 0.250 e. The van der Waals surface area contributed by atoms with Crippen LogP contribution >= 0.6 is 11.3 Å². The van der Waals surface area contributed by atoms with Crippen molar-refractivity contribution >= 4 is 21.4 Å². The highest BCUT2D eigenvalue weighted by Crippen LogP contribution is 2.25. The van der Waals surface area contributed by atoms with E-state index < -0.39 is 16.1 Å². The molecular formula is C11H16N6O2S2. The Morgan fingerprint density at radius 3 is 2.95 bits per heavy atom. The number of aromatic amines is 1. The third-order valence-electron chi connectivity index (χ3n) is 3.13. The zero-order chi connectivity index (χ0) is 14.9.